The topological polar surface area (TPSA) is 73.1 Å². The van der Waals surface area contributed by atoms with Gasteiger partial charge < -0.3 is 0 Å². The minimum Gasteiger partial charge on any atom is -0.299 e. The molecule has 0 radical (unpaired) electrons. The molecule has 1 heterocycles. The van der Waals surface area contributed by atoms with E-state index < -0.39 is 0 Å². The molecule has 0 aliphatic rings. The van der Waals surface area contributed by atoms with Crippen molar-refractivity contribution in [3.63, 3.8) is 0 Å². The molecule has 0 aliphatic carbocycles. The normalized spacial score (nSPS) is 13.7. The highest BCUT2D eigenvalue weighted by Gasteiger charge is 2.20. The largest absolute Gasteiger partial charge is 0.329 e. The first-order valence-corrected chi connectivity index (χ1v) is 8.35. The van der Waals surface area contributed by atoms with Crippen LogP contribution < -0.4 is 11.0 Å². The Morgan fingerprint density at radius 2 is 2.04 bits per heavy atom. The number of para-hydroxylation sites is 1. The Kier molecular flexibility index (Phi) is 5.59. The number of nitrogens with one attached hydrogen (secondary N) is 1. The third-order valence-electron chi connectivity index (χ3n) is 4.73. The van der Waals surface area contributed by atoms with Crippen LogP contribution in [0, 0.1) is 0 Å². The second-order valence-electron chi connectivity index (χ2n) is 6.31. The lowest BCUT2D eigenvalue weighted by Gasteiger charge is -2.14. The van der Waals surface area contributed by atoms with E-state index in [9.17, 15) is 14.4 Å². The molecular weight excluding hydrogens is 306 g/mol. The fourth-order valence-corrected chi connectivity index (χ4v) is 3.12. The van der Waals surface area contributed by atoms with Gasteiger partial charge in [0.2, 0.25) is 12.3 Å². The van der Waals surface area contributed by atoms with Gasteiger partial charge in [-0.1, -0.05) is 26.0 Å². The second-order valence-corrected chi connectivity index (χ2v) is 6.31. The minimum absolute atomic E-state index is 0.0796. The number of imide groups is 1. The number of aryl methyl sites for hydroxylation is 1. The Morgan fingerprint density at radius 1 is 1.33 bits per heavy atom. The maximum absolute atomic E-state index is 12.7. The van der Waals surface area contributed by atoms with Gasteiger partial charge in [-0.15, -0.1) is 0 Å². The van der Waals surface area contributed by atoms with Gasteiger partial charge in [0, 0.05) is 19.5 Å². The quantitative estimate of drug-likeness (QED) is 0.792. The van der Waals surface area contributed by atoms with Gasteiger partial charge >= 0.3 is 5.69 Å². The summed E-state index contributed by atoms with van der Waals surface area (Å²) >= 11 is 0. The average molecular weight is 331 g/mol. The van der Waals surface area contributed by atoms with Crippen molar-refractivity contribution in [2.75, 3.05) is 0 Å². The van der Waals surface area contributed by atoms with Crippen molar-refractivity contribution in [3.8, 4) is 0 Å². The van der Waals surface area contributed by atoms with Gasteiger partial charge in [-0.25, -0.2) is 4.79 Å². The van der Waals surface area contributed by atoms with Gasteiger partial charge in [-0.3, -0.25) is 24.0 Å². The Balaban J connectivity index is 2.44. The van der Waals surface area contributed by atoms with Crippen molar-refractivity contribution in [3.05, 3.63) is 34.2 Å². The molecule has 24 heavy (non-hydrogen) atoms. The number of fused-ring (bicyclic) bond motifs is 1. The molecule has 1 aromatic heterocycles. The van der Waals surface area contributed by atoms with E-state index in [1.165, 1.54) is 5.56 Å². The first-order valence-electron chi connectivity index (χ1n) is 8.35. The van der Waals surface area contributed by atoms with Gasteiger partial charge in [-0.2, -0.15) is 0 Å². The summed E-state index contributed by atoms with van der Waals surface area (Å²) in [5.74, 6) is 0.0363. The number of amides is 2. The molecule has 2 amide bonds. The Morgan fingerprint density at radius 3 is 2.67 bits per heavy atom. The van der Waals surface area contributed by atoms with E-state index in [-0.39, 0.29) is 24.1 Å². The van der Waals surface area contributed by atoms with Crippen LogP contribution in [0.15, 0.2) is 23.0 Å². The monoisotopic (exact) mass is 331 g/mol. The average Bonchev–Trinajstić information content (AvgIpc) is 2.83. The summed E-state index contributed by atoms with van der Waals surface area (Å²) in [7, 11) is 1.79. The van der Waals surface area contributed by atoms with Crippen LogP contribution in [0.1, 0.15) is 57.6 Å². The molecule has 2 atom stereocenters. The molecule has 2 unspecified atom stereocenters. The summed E-state index contributed by atoms with van der Waals surface area (Å²) in [6, 6.07) is 5.87. The fraction of sp³-hybridized carbons (Fsp3) is 0.500. The first-order chi connectivity index (χ1) is 11.4. The van der Waals surface area contributed by atoms with E-state index in [4.69, 9.17) is 0 Å². The molecule has 2 aromatic rings. The summed E-state index contributed by atoms with van der Waals surface area (Å²) in [5.41, 5.74) is 2.94. The molecule has 6 heteroatoms. The number of imidazole rings is 1. The molecule has 0 fully saturated rings. The summed E-state index contributed by atoms with van der Waals surface area (Å²) in [6.07, 6.45) is 2.08. The lowest BCUT2D eigenvalue weighted by atomic mass is 9.97. The van der Waals surface area contributed by atoms with Crippen molar-refractivity contribution >= 4 is 23.4 Å². The lowest BCUT2D eigenvalue weighted by Crippen LogP contribution is -2.27. The van der Waals surface area contributed by atoms with Crippen LogP contribution in [-0.2, 0) is 16.6 Å². The molecule has 0 bridgehead atoms. The van der Waals surface area contributed by atoms with Crippen LogP contribution in [0.2, 0.25) is 0 Å². The predicted molar refractivity (Wildman–Crippen MR) is 94.0 cm³/mol. The van der Waals surface area contributed by atoms with E-state index in [1.54, 1.807) is 16.2 Å². The van der Waals surface area contributed by atoms with Gasteiger partial charge in [0.15, 0.2) is 0 Å². The summed E-state index contributed by atoms with van der Waals surface area (Å²) in [4.78, 5) is 34.5. The van der Waals surface area contributed by atoms with Gasteiger partial charge in [0.1, 0.15) is 0 Å². The summed E-state index contributed by atoms with van der Waals surface area (Å²) in [5, 5.41) is 2.13. The van der Waals surface area contributed by atoms with Crippen LogP contribution in [0.4, 0.5) is 0 Å². The van der Waals surface area contributed by atoms with Crippen LogP contribution in [-0.4, -0.2) is 21.5 Å². The Hall–Kier alpha value is -2.37. The number of hydrogen-bond donors (Lipinski definition) is 1. The highest BCUT2D eigenvalue weighted by Crippen LogP contribution is 2.28. The van der Waals surface area contributed by atoms with E-state index in [0.29, 0.717) is 18.7 Å². The third-order valence-corrected chi connectivity index (χ3v) is 4.73. The standard InChI is InChI=1S/C18H25N3O3/c1-5-12(2)14-7-6-8-15-17(14)20(4)18(24)21(15)13(3)9-10-16(23)19-11-22/h6-8,11-13H,5,9-10H2,1-4H3,(H,19,22,23). The maximum Gasteiger partial charge on any atom is 0.329 e. The maximum atomic E-state index is 12.7. The highest BCUT2D eigenvalue weighted by molar-refractivity contribution is 5.85. The molecule has 1 aromatic carbocycles. The molecular formula is C18H25N3O3. The number of carbonyl (C=O) groups excluding carboxylic acids is 2. The SMILES string of the molecule is CCC(C)c1cccc2c1n(C)c(=O)n2C(C)CCC(=O)NC=O. The van der Waals surface area contributed by atoms with Crippen molar-refractivity contribution in [1.82, 2.24) is 14.5 Å². The number of hydrogen-bond acceptors (Lipinski definition) is 3. The van der Waals surface area contributed by atoms with Gasteiger partial charge in [-0.05, 0) is 37.3 Å². The second kappa shape index (κ2) is 7.47. The molecule has 130 valence electrons. The lowest BCUT2D eigenvalue weighted by molar-refractivity contribution is -0.125. The van der Waals surface area contributed by atoms with Crippen LogP contribution in [0.5, 0.6) is 0 Å². The van der Waals surface area contributed by atoms with Gasteiger partial charge in [0.05, 0.1) is 11.0 Å². The number of nitrogens with zero attached hydrogens (tertiary/aromatic N) is 2. The van der Waals surface area contributed by atoms with Gasteiger partial charge in [0.25, 0.3) is 0 Å². The number of carbonyl (C=O) groups is 2. The summed E-state index contributed by atoms with van der Waals surface area (Å²) < 4.78 is 3.44. The molecule has 0 spiro atoms. The minimum atomic E-state index is -0.328. The Labute approximate surface area is 141 Å². The summed E-state index contributed by atoms with van der Waals surface area (Å²) in [6.45, 7) is 6.21. The van der Waals surface area contributed by atoms with E-state index in [2.05, 4.69) is 25.2 Å². The molecule has 0 aliphatic heterocycles. The van der Waals surface area contributed by atoms with Crippen LogP contribution >= 0.6 is 0 Å². The molecule has 1 N–H and O–H groups in total. The van der Waals surface area contributed by atoms with E-state index in [0.717, 1.165) is 17.5 Å². The van der Waals surface area contributed by atoms with Crippen molar-refractivity contribution < 1.29 is 9.59 Å². The zero-order valence-electron chi connectivity index (χ0n) is 14.7. The number of aromatic nitrogens is 2. The van der Waals surface area contributed by atoms with Crippen molar-refractivity contribution in [2.24, 2.45) is 7.05 Å². The molecule has 0 saturated heterocycles. The Bertz CT molecular complexity index is 804. The fourth-order valence-electron chi connectivity index (χ4n) is 3.12. The molecule has 2 rings (SSSR count). The first kappa shape index (κ1) is 18.0. The third kappa shape index (κ3) is 3.27. The number of rotatable bonds is 7. The molecule has 6 nitrogen and oxygen atoms in total. The molecule has 0 saturated carbocycles. The predicted octanol–water partition coefficient (Wildman–Crippen LogP) is 2.47. The zero-order valence-corrected chi connectivity index (χ0v) is 14.7. The number of benzene rings is 1. The highest BCUT2D eigenvalue weighted by atomic mass is 16.2. The van der Waals surface area contributed by atoms with Crippen molar-refractivity contribution in [1.29, 1.82) is 0 Å². The van der Waals surface area contributed by atoms with Crippen LogP contribution in [0.3, 0.4) is 0 Å². The zero-order chi connectivity index (χ0) is 17.9. The van der Waals surface area contributed by atoms with Crippen molar-refractivity contribution in [2.45, 2.75) is 52.0 Å². The smallest absolute Gasteiger partial charge is 0.299 e. The van der Waals surface area contributed by atoms with E-state index >= 15 is 0 Å². The van der Waals surface area contributed by atoms with E-state index in [1.807, 2.05) is 19.1 Å². The van der Waals surface area contributed by atoms with Crippen LogP contribution in [0.25, 0.3) is 11.0 Å².